The second-order valence-electron chi connectivity index (χ2n) is 7.45. The van der Waals surface area contributed by atoms with Gasteiger partial charge in [0.05, 0.1) is 0 Å². The zero-order chi connectivity index (χ0) is 21.0. The normalized spacial score (nSPS) is 21.7. The maximum atomic E-state index is 12.7. The Kier molecular flexibility index (Phi) is 6.97. The van der Waals surface area contributed by atoms with Gasteiger partial charge >= 0.3 is 0 Å². The first-order valence-electron chi connectivity index (χ1n) is 9.82. The molecular weight excluding hydrogens is 414 g/mol. The van der Waals surface area contributed by atoms with Crippen molar-refractivity contribution in [3.63, 3.8) is 0 Å². The van der Waals surface area contributed by atoms with Gasteiger partial charge in [0.25, 0.3) is 0 Å². The molecule has 2 amide bonds. The number of amides is 2. The Morgan fingerprint density at radius 2 is 1.83 bits per heavy atom. The maximum absolute atomic E-state index is 12.7. The number of halogens is 1. The zero-order valence-electron chi connectivity index (χ0n) is 16.4. The van der Waals surface area contributed by atoms with Crippen molar-refractivity contribution in [1.82, 2.24) is 14.5 Å². The van der Waals surface area contributed by atoms with E-state index in [9.17, 15) is 18.0 Å². The van der Waals surface area contributed by atoms with Crippen LogP contribution in [0.4, 0.5) is 0 Å². The molecule has 0 unspecified atom stereocenters. The average Bonchev–Trinajstić information content (AvgIpc) is 3.06. The fraction of sp³-hybridized carbons (Fsp3) is 0.500. The van der Waals surface area contributed by atoms with Crippen LogP contribution >= 0.6 is 11.6 Å². The van der Waals surface area contributed by atoms with Crippen LogP contribution in [-0.2, 0) is 19.6 Å². The molecule has 1 aromatic rings. The SMILES string of the molecule is C[C@@H](C(=O)N1CCCCC1)N1CC[C@@H](NS(=O)(=O)/C=C/c2ccc(Cl)cc2)C1=O. The van der Waals surface area contributed by atoms with Gasteiger partial charge in [0.1, 0.15) is 12.1 Å². The highest BCUT2D eigenvalue weighted by molar-refractivity contribution is 7.92. The van der Waals surface area contributed by atoms with Crippen molar-refractivity contribution in [2.75, 3.05) is 19.6 Å². The van der Waals surface area contributed by atoms with Crippen LogP contribution in [0.2, 0.25) is 5.02 Å². The summed E-state index contributed by atoms with van der Waals surface area (Å²) in [5, 5.41) is 1.60. The van der Waals surface area contributed by atoms with Crippen molar-refractivity contribution >= 4 is 39.5 Å². The minimum atomic E-state index is -3.80. The quantitative estimate of drug-likeness (QED) is 0.736. The molecular formula is C20H26ClN3O4S. The lowest BCUT2D eigenvalue weighted by molar-refractivity contribution is -0.143. The Morgan fingerprint density at radius 3 is 2.48 bits per heavy atom. The molecule has 0 spiro atoms. The first-order chi connectivity index (χ1) is 13.8. The van der Waals surface area contributed by atoms with Crippen LogP contribution in [0.1, 0.15) is 38.2 Å². The summed E-state index contributed by atoms with van der Waals surface area (Å²) in [4.78, 5) is 28.7. The second kappa shape index (κ2) is 9.28. The van der Waals surface area contributed by atoms with E-state index in [1.165, 1.54) is 11.0 Å². The van der Waals surface area contributed by atoms with Gasteiger partial charge in [-0.1, -0.05) is 23.7 Å². The number of hydrogen-bond donors (Lipinski definition) is 1. The van der Waals surface area contributed by atoms with Gasteiger partial charge in [-0.2, -0.15) is 4.72 Å². The summed E-state index contributed by atoms with van der Waals surface area (Å²) in [6.45, 7) is 3.51. The largest absolute Gasteiger partial charge is 0.341 e. The number of piperidine rings is 1. The number of benzene rings is 1. The molecule has 1 aromatic carbocycles. The molecule has 0 aliphatic carbocycles. The molecule has 0 bridgehead atoms. The molecule has 0 saturated carbocycles. The Hall–Kier alpha value is -1.90. The molecule has 2 atom stereocenters. The van der Waals surface area contributed by atoms with E-state index < -0.39 is 22.1 Å². The van der Waals surface area contributed by atoms with Gasteiger partial charge < -0.3 is 9.80 Å². The number of hydrogen-bond acceptors (Lipinski definition) is 4. The third-order valence-corrected chi connectivity index (χ3v) is 6.71. The lowest BCUT2D eigenvalue weighted by Gasteiger charge is -2.32. The number of nitrogens with zero attached hydrogens (tertiary/aromatic N) is 2. The highest BCUT2D eigenvalue weighted by atomic mass is 35.5. The molecule has 2 fully saturated rings. The van der Waals surface area contributed by atoms with Crippen LogP contribution in [-0.4, -0.2) is 61.7 Å². The molecule has 0 aromatic heterocycles. The van der Waals surface area contributed by atoms with Gasteiger partial charge in [-0.25, -0.2) is 8.42 Å². The summed E-state index contributed by atoms with van der Waals surface area (Å²) in [7, 11) is -3.80. The van der Waals surface area contributed by atoms with Crippen LogP contribution in [0.5, 0.6) is 0 Å². The third kappa shape index (κ3) is 5.58. The summed E-state index contributed by atoms with van der Waals surface area (Å²) in [5.74, 6) is -0.421. The molecule has 7 nitrogen and oxygen atoms in total. The number of rotatable bonds is 6. The number of sulfonamides is 1. The lowest BCUT2D eigenvalue weighted by atomic mass is 10.1. The average molecular weight is 440 g/mol. The van der Waals surface area contributed by atoms with Crippen LogP contribution in [0.3, 0.4) is 0 Å². The van der Waals surface area contributed by atoms with E-state index in [0.717, 1.165) is 37.8 Å². The molecule has 3 rings (SSSR count). The van der Waals surface area contributed by atoms with E-state index in [1.54, 1.807) is 36.1 Å². The van der Waals surface area contributed by atoms with E-state index in [4.69, 9.17) is 11.6 Å². The summed E-state index contributed by atoms with van der Waals surface area (Å²) in [5.41, 5.74) is 0.680. The Morgan fingerprint density at radius 1 is 1.17 bits per heavy atom. The zero-order valence-corrected chi connectivity index (χ0v) is 18.0. The fourth-order valence-corrected chi connectivity index (χ4v) is 4.84. The molecule has 29 heavy (non-hydrogen) atoms. The van der Waals surface area contributed by atoms with Crippen molar-refractivity contribution in [2.24, 2.45) is 0 Å². The number of nitrogens with one attached hydrogen (secondary N) is 1. The van der Waals surface area contributed by atoms with Gasteiger partial charge in [0.2, 0.25) is 21.8 Å². The van der Waals surface area contributed by atoms with E-state index in [0.29, 0.717) is 23.6 Å². The van der Waals surface area contributed by atoms with Crippen molar-refractivity contribution in [3.05, 3.63) is 40.3 Å². The monoisotopic (exact) mass is 439 g/mol. The van der Waals surface area contributed by atoms with Gasteiger partial charge in [-0.3, -0.25) is 9.59 Å². The second-order valence-corrected chi connectivity index (χ2v) is 9.49. The Labute approximate surface area is 176 Å². The van der Waals surface area contributed by atoms with Crippen LogP contribution in [0, 0.1) is 0 Å². The van der Waals surface area contributed by atoms with E-state index in [2.05, 4.69) is 4.72 Å². The van der Waals surface area contributed by atoms with Gasteiger partial charge in [-0.15, -0.1) is 0 Å². The van der Waals surface area contributed by atoms with Crippen molar-refractivity contribution in [1.29, 1.82) is 0 Å². The highest BCUT2D eigenvalue weighted by Crippen LogP contribution is 2.19. The highest BCUT2D eigenvalue weighted by Gasteiger charge is 2.39. The number of carbonyl (C=O) groups excluding carboxylic acids is 2. The Balaban J connectivity index is 1.60. The van der Waals surface area contributed by atoms with Crippen molar-refractivity contribution in [2.45, 2.75) is 44.7 Å². The first-order valence-corrected chi connectivity index (χ1v) is 11.7. The topological polar surface area (TPSA) is 86.8 Å². The molecule has 158 valence electrons. The summed E-state index contributed by atoms with van der Waals surface area (Å²) in [6.07, 6.45) is 4.86. The van der Waals surface area contributed by atoms with Gasteiger partial charge in [0, 0.05) is 30.1 Å². The predicted octanol–water partition coefficient (Wildman–Crippen LogP) is 2.23. The molecule has 1 N–H and O–H groups in total. The summed E-state index contributed by atoms with van der Waals surface area (Å²) < 4.78 is 27.2. The first kappa shape index (κ1) is 21.8. The van der Waals surface area contributed by atoms with E-state index in [1.807, 2.05) is 0 Å². The molecule has 0 radical (unpaired) electrons. The Bertz CT molecular complexity index is 879. The molecule has 2 heterocycles. The van der Waals surface area contributed by atoms with Gasteiger partial charge in [0.15, 0.2) is 0 Å². The van der Waals surface area contributed by atoms with Crippen molar-refractivity contribution in [3.8, 4) is 0 Å². The third-order valence-electron chi connectivity index (χ3n) is 5.35. The molecule has 2 aliphatic heterocycles. The maximum Gasteiger partial charge on any atom is 0.245 e. The minimum absolute atomic E-state index is 0.0656. The number of likely N-dealkylation sites (tertiary alicyclic amines) is 2. The summed E-state index contributed by atoms with van der Waals surface area (Å²) >= 11 is 5.82. The summed E-state index contributed by atoms with van der Waals surface area (Å²) in [6, 6.07) is 5.29. The fourth-order valence-electron chi connectivity index (χ4n) is 3.69. The standard InChI is InChI=1S/C20H26ClN3O4S/c1-15(19(25)23-11-3-2-4-12-23)24-13-9-18(20(24)26)22-29(27,28)14-10-16-5-7-17(21)8-6-16/h5-8,10,14-15,18,22H,2-4,9,11-13H2,1H3/b14-10+/t15-,18+/m0/s1. The molecule has 2 saturated heterocycles. The van der Waals surface area contributed by atoms with Crippen molar-refractivity contribution < 1.29 is 18.0 Å². The minimum Gasteiger partial charge on any atom is -0.341 e. The lowest BCUT2D eigenvalue weighted by Crippen LogP contribution is -2.51. The molecule has 9 heteroatoms. The van der Waals surface area contributed by atoms with Crippen LogP contribution in [0.25, 0.3) is 6.08 Å². The van der Waals surface area contributed by atoms with E-state index in [-0.39, 0.29) is 11.8 Å². The van der Waals surface area contributed by atoms with E-state index >= 15 is 0 Å². The predicted molar refractivity (Wildman–Crippen MR) is 113 cm³/mol. The molecule has 2 aliphatic rings. The smallest absolute Gasteiger partial charge is 0.245 e. The van der Waals surface area contributed by atoms with Crippen LogP contribution < -0.4 is 4.72 Å². The number of carbonyl (C=O) groups is 2. The van der Waals surface area contributed by atoms with Gasteiger partial charge in [-0.05, 0) is 56.4 Å². The van der Waals surface area contributed by atoms with Crippen LogP contribution in [0.15, 0.2) is 29.7 Å².